The Morgan fingerprint density at radius 3 is 1.41 bits per heavy atom. The van der Waals surface area contributed by atoms with Gasteiger partial charge in [0.2, 0.25) is 0 Å². The summed E-state index contributed by atoms with van der Waals surface area (Å²) < 4.78 is 0. The molecule has 0 aliphatic rings. The normalized spacial score (nSPS) is 10.8. The molecule has 0 radical (unpaired) electrons. The summed E-state index contributed by atoms with van der Waals surface area (Å²) in [6.45, 7) is 7.05. The zero-order valence-corrected chi connectivity index (χ0v) is 13.9. The van der Waals surface area contributed by atoms with E-state index in [0.717, 1.165) is 0 Å². The van der Waals surface area contributed by atoms with Gasteiger partial charge in [0.15, 0.2) is 0 Å². The van der Waals surface area contributed by atoms with Gasteiger partial charge in [-0.1, -0.05) is 101 Å². The molecule has 0 aromatic rings. The summed E-state index contributed by atoms with van der Waals surface area (Å²) in [7, 11) is 0. The molecule has 0 bridgehead atoms. The molecular weight excluding hydrogens is 219 g/mol. The van der Waals surface area contributed by atoms with Crippen molar-refractivity contribution in [3.05, 3.63) is 0 Å². The van der Waals surface area contributed by atoms with Crippen LogP contribution in [0.1, 0.15) is 85.0 Å². The Hall–Kier alpha value is 0.532. The molecule has 1 heteroatoms. The maximum Gasteiger partial charge on any atom is 0.261 e. The van der Waals surface area contributed by atoms with Gasteiger partial charge in [-0.3, -0.25) is 0 Å². The van der Waals surface area contributed by atoms with E-state index in [-0.39, 0.29) is 14.1 Å². The number of hydrogen-bond donors (Lipinski definition) is 0. The van der Waals surface area contributed by atoms with Gasteiger partial charge >= 0.3 is 0 Å². The van der Waals surface area contributed by atoms with Crippen LogP contribution in [0, 0.1) is 0 Å². The zero-order chi connectivity index (χ0) is 12.8. The minimum absolute atomic E-state index is 0.314. The third kappa shape index (κ3) is 12.8. The molecule has 0 amide bonds. The van der Waals surface area contributed by atoms with E-state index in [4.69, 9.17) is 0 Å². The van der Waals surface area contributed by atoms with Crippen LogP contribution in [-0.2, 0) is 0 Å². The molecule has 0 aliphatic carbocycles. The zero-order valence-electron chi connectivity index (χ0n) is 12.8. The third-order valence-corrected chi connectivity index (χ3v) is 7.61. The smallest absolute Gasteiger partial charge is 0.0967 e. The Morgan fingerprint density at radius 2 is 0.941 bits per heavy atom. The summed E-state index contributed by atoms with van der Waals surface area (Å²) in [6.07, 6.45) is 14.7. The number of rotatable bonds is 13. The van der Waals surface area contributed by atoms with Crippen LogP contribution in [0.5, 0.6) is 0 Å². The Morgan fingerprint density at radius 1 is 0.529 bits per heavy atom. The van der Waals surface area contributed by atoms with Gasteiger partial charge in [0.25, 0.3) is 14.1 Å². The average molecular weight is 254 g/mol. The predicted octanol–water partition coefficient (Wildman–Crippen LogP) is 6.44. The highest BCUT2D eigenvalue weighted by molar-refractivity contribution is 6.58. The van der Waals surface area contributed by atoms with Crippen LogP contribution in [0.4, 0.5) is 0 Å². The standard InChI is InChI=1S/C8H17.C6H13.C2H5.Al/c1-3-5-7-8-6-4-2;1-3-5-6-4-2;1-2;/h1,3-8H2,2H3;1,3-6H2,2H3;1H2,2H3;. The lowest BCUT2D eigenvalue weighted by atomic mass is 10.1. The monoisotopic (exact) mass is 254 g/mol. The van der Waals surface area contributed by atoms with Crippen molar-refractivity contribution in [2.75, 3.05) is 0 Å². The second-order valence-corrected chi connectivity index (χ2v) is 9.38. The summed E-state index contributed by atoms with van der Waals surface area (Å²) in [5.41, 5.74) is 0. The number of hydrogen-bond acceptors (Lipinski definition) is 0. The fourth-order valence-electron chi connectivity index (χ4n) is 2.63. The topological polar surface area (TPSA) is 0 Å². The van der Waals surface area contributed by atoms with E-state index in [2.05, 4.69) is 20.8 Å². The van der Waals surface area contributed by atoms with Gasteiger partial charge in [-0.15, -0.1) is 0 Å². The van der Waals surface area contributed by atoms with E-state index in [9.17, 15) is 0 Å². The highest BCUT2D eigenvalue weighted by Crippen LogP contribution is 2.16. The minimum atomic E-state index is -0.314. The molecule has 0 unspecified atom stereocenters. The van der Waals surface area contributed by atoms with Crippen LogP contribution in [0.2, 0.25) is 15.8 Å². The van der Waals surface area contributed by atoms with E-state index in [1.807, 2.05) is 0 Å². The average Bonchev–Trinajstić information content (AvgIpc) is 2.36. The van der Waals surface area contributed by atoms with Gasteiger partial charge in [-0.25, -0.2) is 0 Å². The Labute approximate surface area is 115 Å². The van der Waals surface area contributed by atoms with Crippen LogP contribution in [0.25, 0.3) is 0 Å². The molecule has 0 atom stereocenters. The predicted molar refractivity (Wildman–Crippen MR) is 83.4 cm³/mol. The first kappa shape index (κ1) is 17.5. The van der Waals surface area contributed by atoms with Gasteiger partial charge in [0, 0.05) is 0 Å². The molecule has 0 spiro atoms. The van der Waals surface area contributed by atoms with Crippen LogP contribution in [-0.4, -0.2) is 14.1 Å². The molecule has 0 aromatic carbocycles. The van der Waals surface area contributed by atoms with Crippen molar-refractivity contribution in [3.8, 4) is 0 Å². The largest absolute Gasteiger partial charge is 0.261 e. The molecule has 0 nitrogen and oxygen atoms in total. The van der Waals surface area contributed by atoms with E-state index >= 15 is 0 Å². The van der Waals surface area contributed by atoms with Gasteiger partial charge in [0.05, 0.1) is 0 Å². The van der Waals surface area contributed by atoms with Gasteiger partial charge in [-0.05, 0) is 0 Å². The second kappa shape index (κ2) is 14.6. The second-order valence-electron chi connectivity index (χ2n) is 5.68. The Bertz CT molecular complexity index is 133. The molecule has 0 heterocycles. The Kier molecular flexibility index (Phi) is 15.1. The lowest BCUT2D eigenvalue weighted by Crippen LogP contribution is -2.09. The van der Waals surface area contributed by atoms with E-state index in [1.54, 1.807) is 22.3 Å². The Balaban J connectivity index is 3.28. The summed E-state index contributed by atoms with van der Waals surface area (Å²) in [4.78, 5) is 0. The highest BCUT2D eigenvalue weighted by atomic mass is 27.2. The van der Waals surface area contributed by atoms with Crippen molar-refractivity contribution in [2.24, 2.45) is 0 Å². The van der Waals surface area contributed by atoms with Crippen molar-refractivity contribution < 1.29 is 0 Å². The van der Waals surface area contributed by atoms with Crippen LogP contribution >= 0.6 is 0 Å². The van der Waals surface area contributed by atoms with Gasteiger partial charge in [0.1, 0.15) is 0 Å². The van der Waals surface area contributed by atoms with Crippen molar-refractivity contribution in [1.29, 1.82) is 0 Å². The van der Waals surface area contributed by atoms with Crippen LogP contribution < -0.4 is 0 Å². The summed E-state index contributed by atoms with van der Waals surface area (Å²) in [6, 6.07) is 0. The molecule has 0 fully saturated rings. The van der Waals surface area contributed by atoms with Crippen molar-refractivity contribution in [2.45, 2.75) is 101 Å². The molecule has 0 aliphatic heterocycles. The van der Waals surface area contributed by atoms with E-state index in [1.165, 1.54) is 57.8 Å². The molecular formula is C16H35Al. The lowest BCUT2D eigenvalue weighted by molar-refractivity contribution is 0.622. The first-order valence-electron chi connectivity index (χ1n) is 8.35. The molecule has 0 saturated heterocycles. The van der Waals surface area contributed by atoms with Crippen molar-refractivity contribution in [1.82, 2.24) is 0 Å². The maximum absolute atomic E-state index is 2.44. The van der Waals surface area contributed by atoms with Crippen LogP contribution in [0.3, 0.4) is 0 Å². The van der Waals surface area contributed by atoms with E-state index in [0.29, 0.717) is 0 Å². The number of unbranched alkanes of at least 4 members (excludes halogenated alkanes) is 8. The van der Waals surface area contributed by atoms with Gasteiger partial charge < -0.3 is 0 Å². The third-order valence-electron chi connectivity index (χ3n) is 4.01. The molecule has 0 saturated carbocycles. The maximum atomic E-state index is 2.44. The molecule has 0 N–H and O–H groups in total. The van der Waals surface area contributed by atoms with Crippen molar-refractivity contribution >= 4 is 14.1 Å². The summed E-state index contributed by atoms with van der Waals surface area (Å²) in [5.74, 6) is 0. The SMILES string of the molecule is CCCCCCC[CH2][Al]([CH2]C)[CH2]CCCCC. The summed E-state index contributed by atoms with van der Waals surface area (Å²) >= 11 is -0.314. The van der Waals surface area contributed by atoms with Crippen LogP contribution in [0.15, 0.2) is 0 Å². The quantitative estimate of drug-likeness (QED) is 0.262. The summed E-state index contributed by atoms with van der Waals surface area (Å²) in [5, 5.41) is 4.81. The lowest BCUT2D eigenvalue weighted by Gasteiger charge is -2.09. The molecule has 0 aromatic heterocycles. The molecule has 17 heavy (non-hydrogen) atoms. The molecule has 102 valence electrons. The van der Waals surface area contributed by atoms with Crippen molar-refractivity contribution in [3.63, 3.8) is 0 Å². The minimum Gasteiger partial charge on any atom is -0.0967 e. The first-order valence-corrected chi connectivity index (χ1v) is 10.8. The first-order chi connectivity index (χ1) is 8.35. The van der Waals surface area contributed by atoms with Gasteiger partial charge in [-0.2, -0.15) is 0 Å². The fourth-order valence-corrected chi connectivity index (χ4v) is 5.46. The molecule has 0 rings (SSSR count). The fraction of sp³-hybridized carbons (Fsp3) is 1.00. The highest BCUT2D eigenvalue weighted by Gasteiger charge is 2.12. The van der Waals surface area contributed by atoms with E-state index < -0.39 is 0 Å².